The Bertz CT molecular complexity index is 645. The molecule has 0 aliphatic carbocycles. The summed E-state index contributed by atoms with van der Waals surface area (Å²) >= 11 is 0. The van der Waals surface area contributed by atoms with Gasteiger partial charge in [-0.3, -0.25) is 4.79 Å². The summed E-state index contributed by atoms with van der Waals surface area (Å²) in [5.74, 6) is -0.338. The second-order valence-electron chi connectivity index (χ2n) is 5.00. The van der Waals surface area contributed by atoms with Crippen LogP contribution >= 0.6 is 0 Å². The molecule has 0 fully saturated rings. The van der Waals surface area contributed by atoms with Gasteiger partial charge < -0.3 is 19.6 Å². The fourth-order valence-corrected chi connectivity index (χ4v) is 1.79. The first-order chi connectivity index (χ1) is 10.9. The standard InChI is InChI=1S/C15H16F2N2O4/c1-15(21,11-5-3-7-22-11)9-18-14(20)10-4-2-6-13(19-10)23-8-12(16)17/h2-7,12,21H,8-9H2,1H3,(H,18,20). The molecule has 0 radical (unpaired) electrons. The van der Waals surface area contributed by atoms with Crippen LogP contribution in [0, 0.1) is 0 Å². The number of amides is 1. The third kappa shape index (κ3) is 4.75. The number of nitrogens with one attached hydrogen (secondary N) is 1. The molecule has 0 aromatic carbocycles. The van der Waals surface area contributed by atoms with Crippen LogP contribution in [-0.4, -0.2) is 35.6 Å². The second kappa shape index (κ2) is 7.19. The number of furan rings is 1. The number of rotatable bonds is 7. The Kier molecular flexibility index (Phi) is 5.28. The van der Waals surface area contributed by atoms with E-state index in [2.05, 4.69) is 10.3 Å². The molecule has 0 saturated carbocycles. The number of nitrogens with zero attached hydrogens (tertiary/aromatic N) is 1. The molecule has 0 bridgehead atoms. The van der Waals surface area contributed by atoms with Gasteiger partial charge in [-0.1, -0.05) is 6.07 Å². The average molecular weight is 326 g/mol. The Morgan fingerprint density at radius 2 is 2.22 bits per heavy atom. The number of carbonyl (C=O) groups is 1. The fourth-order valence-electron chi connectivity index (χ4n) is 1.79. The zero-order valence-corrected chi connectivity index (χ0v) is 12.3. The van der Waals surface area contributed by atoms with Gasteiger partial charge in [-0.05, 0) is 25.1 Å². The van der Waals surface area contributed by atoms with E-state index in [0.29, 0.717) is 5.76 Å². The average Bonchev–Trinajstić information content (AvgIpc) is 3.06. The zero-order valence-electron chi connectivity index (χ0n) is 12.3. The summed E-state index contributed by atoms with van der Waals surface area (Å²) in [6.07, 6.45) is -1.21. The minimum Gasteiger partial charge on any atom is -0.472 e. The van der Waals surface area contributed by atoms with Gasteiger partial charge in [0.25, 0.3) is 12.3 Å². The van der Waals surface area contributed by atoms with Crippen LogP contribution in [0.15, 0.2) is 41.0 Å². The van der Waals surface area contributed by atoms with Crippen LogP contribution < -0.4 is 10.1 Å². The Balaban J connectivity index is 1.97. The van der Waals surface area contributed by atoms with Crippen LogP contribution in [-0.2, 0) is 5.60 Å². The summed E-state index contributed by atoms with van der Waals surface area (Å²) in [6, 6.07) is 7.46. The minimum absolute atomic E-state index is 0.00740. The molecule has 2 heterocycles. The van der Waals surface area contributed by atoms with Crippen molar-refractivity contribution < 1.29 is 27.8 Å². The maximum absolute atomic E-state index is 12.1. The van der Waals surface area contributed by atoms with Gasteiger partial charge in [0.05, 0.1) is 12.8 Å². The normalized spacial score (nSPS) is 13.6. The third-order valence-corrected chi connectivity index (χ3v) is 2.96. The van der Waals surface area contributed by atoms with Crippen molar-refractivity contribution in [2.75, 3.05) is 13.2 Å². The lowest BCUT2D eigenvalue weighted by Gasteiger charge is -2.21. The van der Waals surface area contributed by atoms with Gasteiger partial charge in [-0.15, -0.1) is 0 Å². The Morgan fingerprint density at radius 3 is 2.87 bits per heavy atom. The van der Waals surface area contributed by atoms with Crippen LogP contribution in [0.4, 0.5) is 8.78 Å². The van der Waals surface area contributed by atoms with Crippen LogP contribution in [0.5, 0.6) is 5.88 Å². The number of halogens is 2. The van der Waals surface area contributed by atoms with Crippen molar-refractivity contribution >= 4 is 5.91 Å². The molecule has 8 heteroatoms. The lowest BCUT2D eigenvalue weighted by Crippen LogP contribution is -2.38. The fraction of sp³-hybridized carbons (Fsp3) is 0.333. The molecular formula is C15H16F2N2O4. The highest BCUT2D eigenvalue weighted by atomic mass is 19.3. The third-order valence-electron chi connectivity index (χ3n) is 2.96. The van der Waals surface area contributed by atoms with Crippen molar-refractivity contribution in [3.63, 3.8) is 0 Å². The molecule has 2 rings (SSSR count). The Hall–Kier alpha value is -2.48. The molecule has 0 aliphatic heterocycles. The lowest BCUT2D eigenvalue weighted by molar-refractivity contribution is 0.0329. The molecular weight excluding hydrogens is 310 g/mol. The SMILES string of the molecule is CC(O)(CNC(=O)c1cccc(OCC(F)F)n1)c1ccco1. The molecule has 1 atom stereocenters. The van der Waals surface area contributed by atoms with Crippen molar-refractivity contribution in [2.24, 2.45) is 0 Å². The summed E-state index contributed by atoms with van der Waals surface area (Å²) in [5.41, 5.74) is -1.39. The van der Waals surface area contributed by atoms with Crippen molar-refractivity contribution in [3.8, 4) is 5.88 Å². The van der Waals surface area contributed by atoms with E-state index < -0.39 is 24.5 Å². The highest BCUT2D eigenvalue weighted by Gasteiger charge is 2.27. The van der Waals surface area contributed by atoms with Gasteiger partial charge in [-0.25, -0.2) is 13.8 Å². The molecule has 2 aromatic heterocycles. The molecule has 124 valence electrons. The molecule has 0 spiro atoms. The number of aromatic nitrogens is 1. The lowest BCUT2D eigenvalue weighted by atomic mass is 10.0. The predicted octanol–water partition coefficient (Wildman–Crippen LogP) is 1.96. The van der Waals surface area contributed by atoms with E-state index in [1.807, 2.05) is 0 Å². The molecule has 1 amide bonds. The van der Waals surface area contributed by atoms with Gasteiger partial charge in [0, 0.05) is 6.07 Å². The van der Waals surface area contributed by atoms with E-state index in [0.717, 1.165) is 0 Å². The number of pyridine rings is 1. The topological polar surface area (TPSA) is 84.6 Å². The smallest absolute Gasteiger partial charge is 0.272 e. The molecule has 2 aromatic rings. The van der Waals surface area contributed by atoms with Gasteiger partial charge in [-0.2, -0.15) is 0 Å². The van der Waals surface area contributed by atoms with E-state index in [-0.39, 0.29) is 18.1 Å². The van der Waals surface area contributed by atoms with Gasteiger partial charge >= 0.3 is 0 Å². The van der Waals surface area contributed by atoms with Crippen LogP contribution in [0.25, 0.3) is 0 Å². The monoisotopic (exact) mass is 326 g/mol. The maximum atomic E-state index is 12.1. The first kappa shape index (κ1) is 16.9. The Labute approximate surface area is 131 Å². The largest absolute Gasteiger partial charge is 0.472 e. The number of ether oxygens (including phenoxy) is 1. The van der Waals surface area contributed by atoms with Gasteiger partial charge in [0.2, 0.25) is 5.88 Å². The molecule has 1 unspecified atom stereocenters. The van der Waals surface area contributed by atoms with Crippen molar-refractivity contribution in [2.45, 2.75) is 19.0 Å². The van der Waals surface area contributed by atoms with Crippen molar-refractivity contribution in [1.82, 2.24) is 10.3 Å². The Morgan fingerprint density at radius 1 is 1.43 bits per heavy atom. The maximum Gasteiger partial charge on any atom is 0.272 e. The van der Waals surface area contributed by atoms with Gasteiger partial charge in [0.15, 0.2) is 6.61 Å². The summed E-state index contributed by atoms with van der Waals surface area (Å²) < 4.78 is 34.1. The number of carbonyl (C=O) groups excluding carboxylic acids is 1. The summed E-state index contributed by atoms with van der Waals surface area (Å²) in [7, 11) is 0. The van der Waals surface area contributed by atoms with Crippen LogP contribution in [0.1, 0.15) is 23.2 Å². The summed E-state index contributed by atoms with van der Waals surface area (Å²) in [4.78, 5) is 15.9. The molecule has 0 aliphatic rings. The quantitative estimate of drug-likeness (QED) is 0.812. The number of hydrogen-bond donors (Lipinski definition) is 2. The van der Waals surface area contributed by atoms with Crippen LogP contribution in [0.3, 0.4) is 0 Å². The van der Waals surface area contributed by atoms with Crippen molar-refractivity contribution in [3.05, 3.63) is 48.0 Å². The molecule has 6 nitrogen and oxygen atoms in total. The van der Waals surface area contributed by atoms with Crippen LogP contribution in [0.2, 0.25) is 0 Å². The molecule has 0 saturated heterocycles. The summed E-state index contributed by atoms with van der Waals surface area (Å²) in [6.45, 7) is 0.579. The zero-order chi connectivity index (χ0) is 16.9. The van der Waals surface area contributed by atoms with Gasteiger partial charge in [0.1, 0.15) is 17.1 Å². The van der Waals surface area contributed by atoms with Crippen molar-refractivity contribution in [1.29, 1.82) is 0 Å². The highest BCUT2D eigenvalue weighted by molar-refractivity contribution is 5.92. The molecule has 2 N–H and O–H groups in total. The predicted molar refractivity (Wildman–Crippen MR) is 76.3 cm³/mol. The van der Waals surface area contributed by atoms with E-state index in [4.69, 9.17) is 9.15 Å². The van der Waals surface area contributed by atoms with E-state index in [9.17, 15) is 18.7 Å². The van der Waals surface area contributed by atoms with E-state index in [1.54, 1.807) is 12.1 Å². The van der Waals surface area contributed by atoms with E-state index in [1.165, 1.54) is 31.4 Å². The highest BCUT2D eigenvalue weighted by Crippen LogP contribution is 2.20. The minimum atomic E-state index is -2.63. The first-order valence-corrected chi connectivity index (χ1v) is 6.81. The second-order valence-corrected chi connectivity index (χ2v) is 5.00. The summed E-state index contributed by atoms with van der Waals surface area (Å²) in [5, 5.41) is 12.7. The first-order valence-electron chi connectivity index (χ1n) is 6.81. The van der Waals surface area contributed by atoms with E-state index >= 15 is 0 Å². The number of hydrogen-bond acceptors (Lipinski definition) is 5. The number of alkyl halides is 2. The number of aliphatic hydroxyl groups is 1. The molecule has 23 heavy (non-hydrogen) atoms.